The molecule has 0 amide bonds. The maximum Gasteiger partial charge on any atom is 0.261 e. The first-order valence-electron chi connectivity index (χ1n) is 11.3. The van der Waals surface area contributed by atoms with Gasteiger partial charge in [0.2, 0.25) is 0 Å². The molecule has 3 aromatic rings. The molecular formula is C24H30N4O4. The van der Waals surface area contributed by atoms with E-state index in [1.165, 1.54) is 0 Å². The monoisotopic (exact) mass is 438 g/mol. The second kappa shape index (κ2) is 9.05. The number of hydrogen-bond acceptors (Lipinski definition) is 7. The standard InChI is InChI=1S/C24H30N4O4/c1-16-10-26-6-7-28(16)12-18-9-20-23(32-18)21(13-27(2)24(20)29)19-3-5-25-11-22(19)31-15-17-4-8-30-14-17/h3,5,9,11,13,16-17,26H,4,6-8,10,12,14-15H2,1-2H3/t16-,17?/m1/s1. The summed E-state index contributed by atoms with van der Waals surface area (Å²) in [4.78, 5) is 19.5. The summed E-state index contributed by atoms with van der Waals surface area (Å²) in [7, 11) is 1.77. The van der Waals surface area contributed by atoms with Gasteiger partial charge in [-0.1, -0.05) is 0 Å². The first-order valence-corrected chi connectivity index (χ1v) is 11.3. The lowest BCUT2D eigenvalue weighted by Gasteiger charge is -2.33. The Labute approximate surface area is 187 Å². The van der Waals surface area contributed by atoms with Gasteiger partial charge in [0, 0.05) is 68.8 Å². The van der Waals surface area contributed by atoms with Gasteiger partial charge in [0.05, 0.1) is 31.3 Å². The van der Waals surface area contributed by atoms with E-state index >= 15 is 0 Å². The quantitative estimate of drug-likeness (QED) is 0.633. The molecule has 2 fully saturated rings. The lowest BCUT2D eigenvalue weighted by Crippen LogP contribution is -2.49. The summed E-state index contributed by atoms with van der Waals surface area (Å²) in [5.74, 6) is 1.88. The predicted molar refractivity (Wildman–Crippen MR) is 122 cm³/mol. The third-order valence-electron chi connectivity index (χ3n) is 6.47. The van der Waals surface area contributed by atoms with Crippen LogP contribution in [0.1, 0.15) is 19.1 Å². The zero-order valence-corrected chi connectivity index (χ0v) is 18.7. The summed E-state index contributed by atoms with van der Waals surface area (Å²) in [6.07, 6.45) is 6.30. The number of nitrogens with zero attached hydrogens (tertiary/aromatic N) is 3. The second-order valence-corrected chi connectivity index (χ2v) is 8.85. The Morgan fingerprint density at radius 2 is 2.25 bits per heavy atom. The number of rotatable bonds is 6. The van der Waals surface area contributed by atoms with E-state index in [0.717, 1.165) is 56.2 Å². The highest BCUT2D eigenvalue weighted by Crippen LogP contribution is 2.35. The van der Waals surface area contributed by atoms with Crippen LogP contribution in [-0.2, 0) is 18.3 Å². The molecule has 0 aromatic carbocycles. The molecule has 5 rings (SSSR count). The van der Waals surface area contributed by atoms with Crippen LogP contribution in [0.2, 0.25) is 0 Å². The highest BCUT2D eigenvalue weighted by Gasteiger charge is 2.23. The fourth-order valence-electron chi connectivity index (χ4n) is 4.53. The molecular weight excluding hydrogens is 408 g/mol. The van der Waals surface area contributed by atoms with Gasteiger partial charge in [0.1, 0.15) is 17.1 Å². The molecule has 2 aliphatic rings. The molecule has 1 N–H and O–H groups in total. The molecule has 0 aliphatic carbocycles. The van der Waals surface area contributed by atoms with E-state index in [9.17, 15) is 4.79 Å². The van der Waals surface area contributed by atoms with Gasteiger partial charge in [-0.3, -0.25) is 14.7 Å². The zero-order chi connectivity index (χ0) is 22.1. The molecule has 0 saturated carbocycles. The van der Waals surface area contributed by atoms with Gasteiger partial charge < -0.3 is 23.8 Å². The van der Waals surface area contributed by atoms with Crippen molar-refractivity contribution in [3.05, 3.63) is 46.8 Å². The Bertz CT molecular complexity index is 1150. The topological polar surface area (TPSA) is 81.8 Å². The minimum Gasteiger partial charge on any atom is -0.491 e. The molecule has 0 radical (unpaired) electrons. The Kier molecular flexibility index (Phi) is 5.99. The van der Waals surface area contributed by atoms with Crippen LogP contribution in [0.15, 0.2) is 39.9 Å². The molecule has 8 nitrogen and oxygen atoms in total. The summed E-state index contributed by atoms with van der Waals surface area (Å²) in [6, 6.07) is 4.23. The average molecular weight is 439 g/mol. The maximum absolute atomic E-state index is 12.9. The van der Waals surface area contributed by atoms with Crippen molar-refractivity contribution in [1.29, 1.82) is 0 Å². The van der Waals surface area contributed by atoms with Crippen LogP contribution >= 0.6 is 0 Å². The molecule has 2 aliphatic heterocycles. The van der Waals surface area contributed by atoms with Gasteiger partial charge in [-0.15, -0.1) is 0 Å². The molecule has 2 atom stereocenters. The van der Waals surface area contributed by atoms with E-state index in [1.807, 2.05) is 18.3 Å². The van der Waals surface area contributed by atoms with Crippen molar-refractivity contribution in [2.45, 2.75) is 25.9 Å². The normalized spacial score (nSPS) is 21.9. The predicted octanol–water partition coefficient (Wildman–Crippen LogP) is 2.40. The van der Waals surface area contributed by atoms with Crippen molar-refractivity contribution < 1.29 is 13.9 Å². The van der Waals surface area contributed by atoms with Crippen LogP contribution in [0.5, 0.6) is 5.75 Å². The largest absolute Gasteiger partial charge is 0.491 e. The molecule has 32 heavy (non-hydrogen) atoms. The third-order valence-corrected chi connectivity index (χ3v) is 6.47. The highest BCUT2D eigenvalue weighted by molar-refractivity contribution is 5.93. The molecule has 1 unspecified atom stereocenters. The van der Waals surface area contributed by atoms with Gasteiger partial charge in [-0.2, -0.15) is 0 Å². The van der Waals surface area contributed by atoms with E-state index in [4.69, 9.17) is 13.9 Å². The van der Waals surface area contributed by atoms with Crippen LogP contribution in [0.4, 0.5) is 0 Å². The molecule has 5 heterocycles. The minimum atomic E-state index is -0.0632. The van der Waals surface area contributed by atoms with E-state index in [2.05, 4.69) is 22.1 Å². The van der Waals surface area contributed by atoms with Crippen molar-refractivity contribution in [3.63, 3.8) is 0 Å². The minimum absolute atomic E-state index is 0.0632. The molecule has 0 bridgehead atoms. The number of pyridine rings is 2. The summed E-state index contributed by atoms with van der Waals surface area (Å²) < 4.78 is 19.5. The summed E-state index contributed by atoms with van der Waals surface area (Å²) in [6.45, 7) is 7.85. The first-order chi connectivity index (χ1) is 15.6. The lowest BCUT2D eigenvalue weighted by atomic mass is 10.1. The van der Waals surface area contributed by atoms with Crippen molar-refractivity contribution >= 4 is 11.0 Å². The number of nitrogens with one attached hydrogen (secondary N) is 1. The lowest BCUT2D eigenvalue weighted by molar-refractivity contribution is 0.155. The van der Waals surface area contributed by atoms with Crippen LogP contribution < -0.4 is 15.6 Å². The van der Waals surface area contributed by atoms with Crippen molar-refractivity contribution in [2.24, 2.45) is 13.0 Å². The van der Waals surface area contributed by atoms with E-state index in [1.54, 1.807) is 24.0 Å². The van der Waals surface area contributed by atoms with E-state index in [0.29, 0.717) is 41.8 Å². The van der Waals surface area contributed by atoms with E-state index < -0.39 is 0 Å². The molecule has 8 heteroatoms. The van der Waals surface area contributed by atoms with Crippen LogP contribution in [0.25, 0.3) is 22.1 Å². The van der Waals surface area contributed by atoms with Gasteiger partial charge >= 0.3 is 0 Å². The Balaban J connectivity index is 1.51. The highest BCUT2D eigenvalue weighted by atomic mass is 16.5. The number of fused-ring (bicyclic) bond motifs is 1. The van der Waals surface area contributed by atoms with Crippen LogP contribution in [-0.4, -0.2) is 59.9 Å². The Hall–Kier alpha value is -2.68. The first kappa shape index (κ1) is 21.2. The number of furan rings is 1. The summed E-state index contributed by atoms with van der Waals surface area (Å²) in [5.41, 5.74) is 2.25. The van der Waals surface area contributed by atoms with Gasteiger partial charge in [0.15, 0.2) is 0 Å². The fourth-order valence-corrected chi connectivity index (χ4v) is 4.53. The maximum atomic E-state index is 12.9. The summed E-state index contributed by atoms with van der Waals surface area (Å²) >= 11 is 0. The smallest absolute Gasteiger partial charge is 0.261 e. The zero-order valence-electron chi connectivity index (χ0n) is 18.7. The SMILES string of the molecule is C[C@@H]1CNCCN1Cc1cc2c(=O)n(C)cc(-c3ccncc3OCC3CCOC3)c2o1. The van der Waals surface area contributed by atoms with Crippen LogP contribution in [0.3, 0.4) is 0 Å². The number of hydrogen-bond donors (Lipinski definition) is 1. The number of piperazine rings is 1. The average Bonchev–Trinajstić information content (AvgIpc) is 3.47. The fraction of sp³-hybridized carbons (Fsp3) is 0.500. The number of aromatic nitrogens is 2. The van der Waals surface area contributed by atoms with Crippen molar-refractivity contribution in [3.8, 4) is 16.9 Å². The third kappa shape index (κ3) is 4.18. The molecule has 3 aromatic heterocycles. The second-order valence-electron chi connectivity index (χ2n) is 8.85. The van der Waals surface area contributed by atoms with Gasteiger partial charge in [-0.25, -0.2) is 0 Å². The molecule has 2 saturated heterocycles. The number of aryl methyl sites for hydroxylation is 1. The summed E-state index contributed by atoms with van der Waals surface area (Å²) in [5, 5.41) is 4.00. The Morgan fingerprint density at radius 3 is 3.06 bits per heavy atom. The Morgan fingerprint density at radius 1 is 1.34 bits per heavy atom. The van der Waals surface area contributed by atoms with Crippen molar-refractivity contribution in [1.82, 2.24) is 19.8 Å². The van der Waals surface area contributed by atoms with Gasteiger partial charge in [0.25, 0.3) is 5.56 Å². The van der Waals surface area contributed by atoms with Gasteiger partial charge in [-0.05, 0) is 25.5 Å². The van der Waals surface area contributed by atoms with E-state index in [-0.39, 0.29) is 5.56 Å². The molecule has 170 valence electrons. The number of ether oxygens (including phenoxy) is 2. The van der Waals surface area contributed by atoms with Crippen LogP contribution in [0, 0.1) is 5.92 Å². The molecule has 0 spiro atoms. The van der Waals surface area contributed by atoms with Crippen molar-refractivity contribution in [2.75, 3.05) is 39.5 Å².